The van der Waals surface area contributed by atoms with E-state index in [0.717, 1.165) is 30.6 Å². The largest absolute Gasteiger partial charge is 0.493 e. The summed E-state index contributed by atoms with van der Waals surface area (Å²) < 4.78 is 5.75. The van der Waals surface area contributed by atoms with Gasteiger partial charge in [0.25, 0.3) is 0 Å². The molecule has 0 saturated carbocycles. The first-order valence-electron chi connectivity index (χ1n) is 8.89. The van der Waals surface area contributed by atoms with Crippen molar-refractivity contribution in [2.75, 3.05) is 6.61 Å². The van der Waals surface area contributed by atoms with Crippen molar-refractivity contribution >= 4 is 17.5 Å². The Balaban J connectivity index is 1.44. The highest BCUT2D eigenvalue weighted by Crippen LogP contribution is 2.29. The molecule has 0 radical (unpaired) electrons. The fourth-order valence-electron chi connectivity index (χ4n) is 3.36. The molecule has 3 rings (SSSR count). The van der Waals surface area contributed by atoms with Gasteiger partial charge in [-0.05, 0) is 67.5 Å². The normalized spacial score (nSPS) is 16.2. The van der Waals surface area contributed by atoms with Crippen LogP contribution >= 0.6 is 11.6 Å². The van der Waals surface area contributed by atoms with Crippen LogP contribution in [0.2, 0.25) is 5.02 Å². The third kappa shape index (κ3) is 4.76. The fourth-order valence-corrected chi connectivity index (χ4v) is 3.59. The summed E-state index contributed by atoms with van der Waals surface area (Å²) in [4.78, 5) is 12.3. The van der Waals surface area contributed by atoms with E-state index in [4.69, 9.17) is 16.3 Å². The molecule has 0 unspecified atom stereocenters. The van der Waals surface area contributed by atoms with Crippen LogP contribution in [0.25, 0.3) is 0 Å². The number of aryl methyl sites for hydroxylation is 2. The summed E-state index contributed by atoms with van der Waals surface area (Å²) in [6.07, 6.45) is 4.43. The highest BCUT2D eigenvalue weighted by atomic mass is 35.5. The molecule has 0 bridgehead atoms. The number of benzene rings is 2. The summed E-state index contributed by atoms with van der Waals surface area (Å²) in [6.45, 7) is 2.49. The van der Waals surface area contributed by atoms with Crippen LogP contribution in [0.1, 0.15) is 48.4 Å². The molecule has 1 N–H and O–H groups in total. The number of hydrogen-bond acceptors (Lipinski definition) is 2. The lowest BCUT2D eigenvalue weighted by atomic mass is 9.87. The Labute approximate surface area is 154 Å². The van der Waals surface area contributed by atoms with Gasteiger partial charge in [0, 0.05) is 11.4 Å². The van der Waals surface area contributed by atoms with Gasteiger partial charge in [0.1, 0.15) is 5.75 Å². The number of nitrogens with one attached hydrogen (secondary N) is 1. The van der Waals surface area contributed by atoms with E-state index >= 15 is 0 Å². The Kier molecular flexibility index (Phi) is 5.98. The van der Waals surface area contributed by atoms with Crippen LogP contribution in [0.15, 0.2) is 42.5 Å². The van der Waals surface area contributed by atoms with Gasteiger partial charge in [0.15, 0.2) is 0 Å². The van der Waals surface area contributed by atoms with Crippen molar-refractivity contribution in [1.82, 2.24) is 5.32 Å². The van der Waals surface area contributed by atoms with Gasteiger partial charge in [-0.2, -0.15) is 0 Å². The van der Waals surface area contributed by atoms with Crippen molar-refractivity contribution < 1.29 is 9.53 Å². The van der Waals surface area contributed by atoms with Crippen molar-refractivity contribution in [2.24, 2.45) is 0 Å². The number of amides is 1. The van der Waals surface area contributed by atoms with E-state index in [9.17, 15) is 4.79 Å². The number of hydrogen-bond donors (Lipinski definition) is 1. The van der Waals surface area contributed by atoms with Gasteiger partial charge >= 0.3 is 0 Å². The third-order valence-electron chi connectivity index (χ3n) is 4.65. The van der Waals surface area contributed by atoms with Crippen molar-refractivity contribution in [3.8, 4) is 5.75 Å². The highest BCUT2D eigenvalue weighted by molar-refractivity contribution is 6.30. The Morgan fingerprint density at radius 2 is 2.12 bits per heavy atom. The number of rotatable bonds is 6. The first kappa shape index (κ1) is 17.8. The summed E-state index contributed by atoms with van der Waals surface area (Å²) in [5.41, 5.74) is 3.64. The number of halogens is 1. The van der Waals surface area contributed by atoms with E-state index < -0.39 is 0 Å². The lowest BCUT2D eigenvalue weighted by Crippen LogP contribution is -2.31. The Hall–Kier alpha value is -2.00. The quantitative estimate of drug-likeness (QED) is 0.739. The molecule has 0 heterocycles. The Morgan fingerprint density at radius 3 is 2.96 bits per heavy atom. The zero-order valence-electron chi connectivity index (χ0n) is 14.6. The molecule has 2 aromatic carbocycles. The predicted molar refractivity (Wildman–Crippen MR) is 101 cm³/mol. The molecule has 132 valence electrons. The molecule has 0 saturated heterocycles. The van der Waals surface area contributed by atoms with Crippen molar-refractivity contribution in [3.05, 3.63) is 64.2 Å². The number of fused-ring (bicyclic) bond motifs is 1. The maximum atomic E-state index is 12.3. The van der Waals surface area contributed by atoms with E-state index in [1.54, 1.807) is 0 Å². The molecule has 1 aliphatic rings. The second-order valence-corrected chi connectivity index (χ2v) is 7.01. The zero-order chi connectivity index (χ0) is 17.6. The minimum absolute atomic E-state index is 0.0955. The van der Waals surface area contributed by atoms with E-state index in [1.807, 2.05) is 31.2 Å². The van der Waals surface area contributed by atoms with Gasteiger partial charge in [0.2, 0.25) is 5.91 Å². The molecule has 0 aliphatic heterocycles. The zero-order valence-corrected chi connectivity index (χ0v) is 15.3. The Bertz CT molecular complexity index is 744. The van der Waals surface area contributed by atoms with E-state index in [1.165, 1.54) is 11.1 Å². The summed E-state index contributed by atoms with van der Waals surface area (Å²) in [5, 5.41) is 3.89. The highest BCUT2D eigenvalue weighted by Gasteiger charge is 2.20. The summed E-state index contributed by atoms with van der Waals surface area (Å²) in [7, 11) is 0. The second-order valence-electron chi connectivity index (χ2n) is 6.57. The predicted octanol–water partition coefficient (Wildman–Crippen LogP) is 5.00. The van der Waals surface area contributed by atoms with E-state index in [-0.39, 0.29) is 11.9 Å². The minimum Gasteiger partial charge on any atom is -0.493 e. The molecule has 1 aliphatic carbocycles. The molecule has 1 amide bonds. The second kappa shape index (κ2) is 8.39. The lowest BCUT2D eigenvalue weighted by Gasteiger charge is -2.26. The first-order chi connectivity index (χ1) is 12.1. The fraction of sp³-hybridized carbons (Fsp3) is 0.381. The molecule has 0 aromatic heterocycles. The van der Waals surface area contributed by atoms with Crippen molar-refractivity contribution in [3.63, 3.8) is 0 Å². The van der Waals surface area contributed by atoms with Crippen LogP contribution in [-0.4, -0.2) is 12.5 Å². The molecular weight excluding hydrogens is 334 g/mol. The molecule has 2 aromatic rings. The van der Waals surface area contributed by atoms with Crippen LogP contribution in [0.4, 0.5) is 0 Å². The van der Waals surface area contributed by atoms with Crippen molar-refractivity contribution in [1.29, 1.82) is 0 Å². The molecule has 0 spiro atoms. The monoisotopic (exact) mass is 357 g/mol. The molecule has 25 heavy (non-hydrogen) atoms. The number of carbonyl (C=O) groups is 1. The molecule has 4 heteroatoms. The maximum Gasteiger partial charge on any atom is 0.220 e. The Morgan fingerprint density at radius 1 is 1.28 bits per heavy atom. The number of carbonyl (C=O) groups excluding carboxylic acids is 1. The summed E-state index contributed by atoms with van der Waals surface area (Å²) >= 11 is 5.94. The van der Waals surface area contributed by atoms with Gasteiger partial charge < -0.3 is 10.1 Å². The van der Waals surface area contributed by atoms with E-state index in [0.29, 0.717) is 24.5 Å². The van der Waals surface area contributed by atoms with Gasteiger partial charge in [0.05, 0.1) is 12.6 Å². The average molecular weight is 358 g/mol. The van der Waals surface area contributed by atoms with Crippen LogP contribution in [0, 0.1) is 6.92 Å². The average Bonchev–Trinajstić information content (AvgIpc) is 2.60. The molecule has 3 nitrogen and oxygen atoms in total. The van der Waals surface area contributed by atoms with Crippen LogP contribution < -0.4 is 10.1 Å². The SMILES string of the molecule is Cc1cc(Cl)ccc1OCCCC(=O)N[C@@H]1CCCc2ccccc21. The van der Waals surface area contributed by atoms with Crippen LogP contribution in [-0.2, 0) is 11.2 Å². The van der Waals surface area contributed by atoms with Gasteiger partial charge in [-0.25, -0.2) is 0 Å². The topological polar surface area (TPSA) is 38.3 Å². The third-order valence-corrected chi connectivity index (χ3v) is 4.88. The molecule has 0 fully saturated rings. The molecular formula is C21H24ClNO2. The van der Waals surface area contributed by atoms with Gasteiger partial charge in [-0.1, -0.05) is 35.9 Å². The smallest absolute Gasteiger partial charge is 0.220 e. The first-order valence-corrected chi connectivity index (χ1v) is 9.27. The summed E-state index contributed by atoms with van der Waals surface area (Å²) in [5.74, 6) is 0.921. The standard InChI is InChI=1S/C21H24ClNO2/c1-15-14-17(22)11-12-20(15)25-13-5-10-21(24)23-19-9-4-7-16-6-2-3-8-18(16)19/h2-3,6,8,11-12,14,19H,4-5,7,9-10,13H2,1H3,(H,23,24)/t19-/m1/s1. The van der Waals surface area contributed by atoms with Crippen LogP contribution in [0.5, 0.6) is 5.75 Å². The van der Waals surface area contributed by atoms with E-state index in [2.05, 4.69) is 23.5 Å². The molecule has 1 atom stereocenters. The van der Waals surface area contributed by atoms with Crippen molar-refractivity contribution in [2.45, 2.75) is 45.1 Å². The maximum absolute atomic E-state index is 12.3. The minimum atomic E-state index is 0.0955. The number of ether oxygens (including phenoxy) is 1. The van der Waals surface area contributed by atoms with Gasteiger partial charge in [-0.15, -0.1) is 0 Å². The van der Waals surface area contributed by atoms with Crippen LogP contribution in [0.3, 0.4) is 0 Å². The van der Waals surface area contributed by atoms with Gasteiger partial charge in [-0.3, -0.25) is 4.79 Å². The summed E-state index contributed by atoms with van der Waals surface area (Å²) in [6, 6.07) is 14.1. The lowest BCUT2D eigenvalue weighted by molar-refractivity contribution is -0.122.